The molecule has 5 aliphatic rings. The molecule has 41 heavy (non-hydrogen) atoms. The number of hydrogen-bond acceptors (Lipinski definition) is 8. The number of ether oxygens (including phenoxy) is 6. The van der Waals surface area contributed by atoms with Gasteiger partial charge in [0.1, 0.15) is 11.9 Å². The lowest BCUT2D eigenvalue weighted by Crippen LogP contribution is -2.77. The number of benzene rings is 1. The highest BCUT2D eigenvalue weighted by molar-refractivity contribution is 5.60. The molecule has 8 heteroatoms. The van der Waals surface area contributed by atoms with E-state index in [1.807, 2.05) is 0 Å². The molecule has 1 saturated heterocycles. The molecule has 2 heterocycles. The van der Waals surface area contributed by atoms with Gasteiger partial charge in [-0.15, -0.1) is 0 Å². The van der Waals surface area contributed by atoms with E-state index in [-0.39, 0.29) is 23.7 Å². The van der Waals surface area contributed by atoms with Crippen molar-refractivity contribution in [2.45, 2.75) is 94.5 Å². The average Bonchev–Trinajstić information content (AvgIpc) is 3.30. The molecule has 1 aromatic carbocycles. The lowest BCUT2D eigenvalue weighted by molar-refractivity contribution is -0.218. The Labute approximate surface area is 245 Å². The number of aliphatic hydroxyl groups is 1. The summed E-state index contributed by atoms with van der Waals surface area (Å²) in [6, 6.07) is 4.67. The highest BCUT2D eigenvalue weighted by Gasteiger charge is 2.73. The second kappa shape index (κ2) is 13.2. The van der Waals surface area contributed by atoms with Crippen molar-refractivity contribution < 1.29 is 33.5 Å². The molecule has 230 valence electrons. The summed E-state index contributed by atoms with van der Waals surface area (Å²) in [5, 5.41) is 12.7. The quantitative estimate of drug-likeness (QED) is 0.282. The van der Waals surface area contributed by atoms with Crippen molar-refractivity contribution in [1.29, 1.82) is 0 Å². The fourth-order valence-corrected chi connectivity index (χ4v) is 8.29. The minimum Gasteiger partial charge on any atom is -0.486 e. The number of rotatable bonds is 17. The van der Waals surface area contributed by atoms with Gasteiger partial charge in [0.05, 0.1) is 70.0 Å². The van der Waals surface area contributed by atoms with Gasteiger partial charge in [-0.05, 0) is 75.5 Å². The Hall–Kier alpha value is -1.26. The molecule has 8 nitrogen and oxygen atoms in total. The van der Waals surface area contributed by atoms with Gasteiger partial charge in [0.2, 0.25) is 0 Å². The third-order valence-corrected chi connectivity index (χ3v) is 10.5. The normalized spacial score (nSPS) is 32.0. The van der Waals surface area contributed by atoms with Crippen LogP contribution in [0.5, 0.6) is 5.75 Å². The van der Waals surface area contributed by atoms with E-state index in [9.17, 15) is 5.11 Å². The van der Waals surface area contributed by atoms with Crippen molar-refractivity contribution in [2.75, 3.05) is 72.6 Å². The molecular formula is C33H51NO7. The van der Waals surface area contributed by atoms with E-state index in [2.05, 4.69) is 30.9 Å². The van der Waals surface area contributed by atoms with Gasteiger partial charge in [0, 0.05) is 24.8 Å². The van der Waals surface area contributed by atoms with Crippen LogP contribution in [0.15, 0.2) is 12.1 Å². The summed E-state index contributed by atoms with van der Waals surface area (Å²) >= 11 is 0. The molecule has 0 radical (unpaired) electrons. The Bertz CT molecular complexity index is 1020. The van der Waals surface area contributed by atoms with Crippen molar-refractivity contribution in [3.63, 3.8) is 0 Å². The monoisotopic (exact) mass is 573 g/mol. The maximum absolute atomic E-state index is 12.7. The third-order valence-electron chi connectivity index (χ3n) is 10.5. The molecule has 2 aliphatic heterocycles. The molecule has 1 aromatic rings. The highest BCUT2D eigenvalue weighted by Crippen LogP contribution is 2.65. The summed E-state index contributed by atoms with van der Waals surface area (Å²) in [6.07, 6.45) is 8.29. The zero-order chi connectivity index (χ0) is 28.3. The topological polar surface area (TPSA) is 78.9 Å². The first-order valence-corrected chi connectivity index (χ1v) is 16.3. The van der Waals surface area contributed by atoms with Gasteiger partial charge in [-0.2, -0.15) is 0 Å². The van der Waals surface area contributed by atoms with Crippen LogP contribution in [-0.4, -0.2) is 106 Å². The molecule has 0 amide bonds. The van der Waals surface area contributed by atoms with Crippen LogP contribution < -0.4 is 4.74 Å². The van der Waals surface area contributed by atoms with Gasteiger partial charge in [-0.1, -0.05) is 25.5 Å². The number of likely N-dealkylation sites (tertiary alicyclic amines) is 1. The van der Waals surface area contributed by atoms with Gasteiger partial charge in [0.15, 0.2) is 0 Å². The maximum atomic E-state index is 12.7. The van der Waals surface area contributed by atoms with Gasteiger partial charge < -0.3 is 33.5 Å². The van der Waals surface area contributed by atoms with Crippen molar-refractivity contribution in [3.05, 3.63) is 28.8 Å². The number of nitrogens with zero attached hydrogens (tertiary/aromatic N) is 1. The van der Waals surface area contributed by atoms with E-state index in [0.29, 0.717) is 52.9 Å². The summed E-state index contributed by atoms with van der Waals surface area (Å²) in [5.74, 6) is 1.81. The number of aryl methyl sites for hydroxylation is 1. The lowest BCUT2D eigenvalue weighted by atomic mass is 9.48. The third kappa shape index (κ3) is 5.59. The van der Waals surface area contributed by atoms with Gasteiger partial charge in [-0.25, -0.2) is 0 Å². The van der Waals surface area contributed by atoms with Crippen molar-refractivity contribution in [2.24, 2.45) is 5.92 Å². The fourth-order valence-electron chi connectivity index (χ4n) is 8.29. The van der Waals surface area contributed by atoms with Gasteiger partial charge in [-0.3, -0.25) is 4.90 Å². The largest absolute Gasteiger partial charge is 0.486 e. The molecule has 1 unspecified atom stereocenters. The van der Waals surface area contributed by atoms with Gasteiger partial charge in [0.25, 0.3) is 0 Å². The minimum absolute atomic E-state index is 0.0508. The molecule has 1 spiro atoms. The Kier molecular flexibility index (Phi) is 9.57. The first-order chi connectivity index (χ1) is 20.1. The van der Waals surface area contributed by atoms with Crippen LogP contribution in [0.4, 0.5) is 0 Å². The second-order valence-electron chi connectivity index (χ2n) is 12.8. The Morgan fingerprint density at radius 2 is 1.59 bits per heavy atom. The molecule has 6 rings (SSSR count). The molecule has 3 fully saturated rings. The van der Waals surface area contributed by atoms with E-state index in [4.69, 9.17) is 28.4 Å². The van der Waals surface area contributed by atoms with Crippen molar-refractivity contribution in [1.82, 2.24) is 4.90 Å². The first kappa shape index (κ1) is 29.8. The SMILES string of the molecule is CCCOCCOCCOCCOCCO[C@H]1CC[C@@]2(O)[C@H]3Cc4ccc(C)c5c4[C@@]2(CCN3CC2CCC2)C1O5. The van der Waals surface area contributed by atoms with Crippen LogP contribution in [0.1, 0.15) is 68.6 Å². The number of hydrogen-bond donors (Lipinski definition) is 1. The van der Waals surface area contributed by atoms with E-state index in [1.165, 1.54) is 36.0 Å². The molecule has 5 atom stereocenters. The second-order valence-corrected chi connectivity index (χ2v) is 12.8. The fraction of sp³-hybridized carbons (Fsp3) is 0.818. The Morgan fingerprint density at radius 1 is 0.902 bits per heavy atom. The van der Waals surface area contributed by atoms with Crippen LogP contribution in [0, 0.1) is 12.8 Å². The first-order valence-electron chi connectivity index (χ1n) is 16.3. The Morgan fingerprint density at radius 3 is 2.24 bits per heavy atom. The molecule has 2 bridgehead atoms. The molecular weight excluding hydrogens is 522 g/mol. The maximum Gasteiger partial charge on any atom is 0.137 e. The summed E-state index contributed by atoms with van der Waals surface area (Å²) in [5.41, 5.74) is 2.68. The smallest absolute Gasteiger partial charge is 0.137 e. The average molecular weight is 574 g/mol. The predicted octanol–water partition coefficient (Wildman–Crippen LogP) is 3.81. The number of piperidine rings is 1. The summed E-state index contributed by atoms with van der Waals surface area (Å²) in [6.45, 7) is 11.6. The van der Waals surface area contributed by atoms with Crippen LogP contribution >= 0.6 is 0 Å². The zero-order valence-corrected chi connectivity index (χ0v) is 25.2. The van der Waals surface area contributed by atoms with Crippen molar-refractivity contribution >= 4 is 0 Å². The predicted molar refractivity (Wildman–Crippen MR) is 156 cm³/mol. The van der Waals surface area contributed by atoms with Crippen LogP contribution in [0.3, 0.4) is 0 Å². The standard InChI is InChI=1S/C33H51NO7/c1-3-13-36-14-15-37-16-17-38-18-19-39-20-21-40-27-9-10-33(35)28-22-26-8-7-24(2)30-29(26)32(33,31(27)41-30)11-12-34(28)23-25-5-4-6-25/h7-8,25,27-28,31,35H,3-6,9-23H2,1-2H3/t27-,28+,31?,32-,33+/m0/s1. The minimum atomic E-state index is -0.772. The summed E-state index contributed by atoms with van der Waals surface area (Å²) in [7, 11) is 0. The molecule has 3 aliphatic carbocycles. The van der Waals surface area contributed by atoms with E-state index in [1.54, 1.807) is 0 Å². The Balaban J connectivity index is 1.00. The van der Waals surface area contributed by atoms with E-state index < -0.39 is 5.60 Å². The van der Waals surface area contributed by atoms with Crippen LogP contribution in [-0.2, 0) is 35.5 Å². The van der Waals surface area contributed by atoms with E-state index in [0.717, 1.165) is 63.5 Å². The van der Waals surface area contributed by atoms with Crippen LogP contribution in [0.2, 0.25) is 0 Å². The molecule has 2 saturated carbocycles. The molecule has 0 aromatic heterocycles. The zero-order valence-electron chi connectivity index (χ0n) is 25.2. The lowest BCUT2D eigenvalue weighted by Gasteiger charge is -2.64. The van der Waals surface area contributed by atoms with Crippen LogP contribution in [0.25, 0.3) is 0 Å². The highest BCUT2D eigenvalue weighted by atomic mass is 16.6. The summed E-state index contributed by atoms with van der Waals surface area (Å²) < 4.78 is 35.6. The molecule has 1 N–H and O–H groups in total. The van der Waals surface area contributed by atoms with Gasteiger partial charge >= 0.3 is 0 Å². The van der Waals surface area contributed by atoms with E-state index >= 15 is 0 Å². The summed E-state index contributed by atoms with van der Waals surface area (Å²) in [4.78, 5) is 2.64. The van der Waals surface area contributed by atoms with Crippen molar-refractivity contribution in [3.8, 4) is 5.75 Å².